The lowest BCUT2D eigenvalue weighted by atomic mass is 10.0. The van der Waals surface area contributed by atoms with Gasteiger partial charge in [0.05, 0.1) is 10.8 Å². The summed E-state index contributed by atoms with van der Waals surface area (Å²) in [5.74, 6) is -0.716. The number of β-lactam (4-membered cyclic amide) rings is 1. The number of thioether (sulfide) groups is 3. The summed E-state index contributed by atoms with van der Waals surface area (Å²) in [6, 6.07) is 5.59. The third kappa shape index (κ3) is 6.47. The van der Waals surface area contributed by atoms with E-state index in [1.54, 1.807) is 30.4 Å². The summed E-state index contributed by atoms with van der Waals surface area (Å²) in [5, 5.41) is 13.4. The Morgan fingerprint density at radius 1 is 1.22 bits per heavy atom. The predicted octanol–water partition coefficient (Wildman–Crippen LogP) is 3.13. The molecule has 15 heteroatoms. The average Bonchev–Trinajstić information content (AvgIpc) is 2.84. The van der Waals surface area contributed by atoms with Crippen molar-refractivity contribution in [1.29, 1.82) is 0 Å². The number of nitrogens with zero attached hydrogens (tertiary/aromatic N) is 3. The van der Waals surface area contributed by atoms with Gasteiger partial charge in [-0.2, -0.15) is 0 Å². The molecule has 37 heavy (non-hydrogen) atoms. The quantitative estimate of drug-likeness (QED) is 0.190. The Bertz CT molecular complexity index is 1310. The van der Waals surface area contributed by atoms with E-state index in [0.29, 0.717) is 37.2 Å². The van der Waals surface area contributed by atoms with Crippen LogP contribution in [0.25, 0.3) is 0 Å². The first-order chi connectivity index (χ1) is 17.6. The Morgan fingerprint density at radius 3 is 2.65 bits per heavy atom. The Morgan fingerprint density at radius 2 is 1.95 bits per heavy atom. The molecule has 194 valence electrons. The van der Waals surface area contributed by atoms with Crippen molar-refractivity contribution in [1.82, 2.24) is 20.2 Å². The van der Waals surface area contributed by atoms with Crippen LogP contribution in [0.3, 0.4) is 0 Å². The molecule has 1 saturated heterocycles. The number of fused-ring (bicyclic) bond motifs is 1. The van der Waals surface area contributed by atoms with Crippen molar-refractivity contribution in [3.05, 3.63) is 57.7 Å². The summed E-state index contributed by atoms with van der Waals surface area (Å²) >= 11 is 16.0. The molecule has 1 fully saturated rings. The van der Waals surface area contributed by atoms with Gasteiger partial charge in [0.1, 0.15) is 28.7 Å². The molecule has 1 unspecified atom stereocenters. The predicted molar refractivity (Wildman–Crippen MR) is 148 cm³/mol. The Balaban J connectivity index is 1.36. The SMILES string of the molecule is Nc1cc(N)nc(SC/C=C/C2=C(C(=O)O)N3C(=O)C(NC(=O)CSc4cc(Cl)ccc4Cl)[C@H]3SC2)n1. The fourth-order valence-electron chi connectivity index (χ4n) is 3.56. The molecular formula is C22H20Cl2N6O4S3. The molecule has 2 aliphatic heterocycles. The van der Waals surface area contributed by atoms with Gasteiger partial charge in [0.25, 0.3) is 5.91 Å². The molecule has 1 aromatic heterocycles. The van der Waals surface area contributed by atoms with Crippen molar-refractivity contribution in [2.75, 3.05) is 28.7 Å². The number of nitrogens with two attached hydrogens (primary N) is 2. The smallest absolute Gasteiger partial charge is 0.352 e. The highest BCUT2D eigenvalue weighted by Crippen LogP contribution is 2.41. The molecule has 0 saturated carbocycles. The van der Waals surface area contributed by atoms with Gasteiger partial charge in [-0.05, 0) is 23.8 Å². The molecule has 4 rings (SSSR count). The van der Waals surface area contributed by atoms with Gasteiger partial charge in [0, 0.05) is 27.5 Å². The van der Waals surface area contributed by atoms with E-state index < -0.39 is 23.3 Å². The number of aromatic nitrogens is 2. The van der Waals surface area contributed by atoms with Crippen molar-refractivity contribution in [3.8, 4) is 0 Å². The summed E-state index contributed by atoms with van der Waals surface area (Å²) in [6.07, 6.45) is 3.42. The number of aliphatic carboxylic acids is 1. The number of nitrogen functional groups attached to an aromatic ring is 2. The monoisotopic (exact) mass is 598 g/mol. The number of carbonyl (C=O) groups excluding carboxylic acids is 2. The number of benzene rings is 1. The summed E-state index contributed by atoms with van der Waals surface area (Å²) in [5.41, 5.74) is 11.7. The van der Waals surface area contributed by atoms with Crippen LogP contribution in [0.15, 0.2) is 57.7 Å². The van der Waals surface area contributed by atoms with Gasteiger partial charge in [0.2, 0.25) is 5.91 Å². The average molecular weight is 600 g/mol. The Labute approximate surface area is 234 Å². The number of rotatable bonds is 9. The summed E-state index contributed by atoms with van der Waals surface area (Å²) in [6.45, 7) is 0. The third-order valence-corrected chi connectivity index (χ3v) is 8.98. The van der Waals surface area contributed by atoms with E-state index in [1.165, 1.54) is 46.3 Å². The van der Waals surface area contributed by atoms with Crippen LogP contribution in [0.4, 0.5) is 11.6 Å². The van der Waals surface area contributed by atoms with Gasteiger partial charge in [-0.1, -0.05) is 47.1 Å². The number of carbonyl (C=O) groups is 3. The molecule has 2 amide bonds. The minimum absolute atomic E-state index is 0.0247. The Kier molecular flexibility index (Phi) is 8.80. The molecule has 0 bridgehead atoms. The first-order valence-corrected chi connectivity index (χ1v) is 14.4. The van der Waals surface area contributed by atoms with E-state index in [9.17, 15) is 19.5 Å². The van der Waals surface area contributed by atoms with E-state index in [-0.39, 0.29) is 29.0 Å². The minimum atomic E-state index is -1.21. The molecule has 2 aromatic rings. The van der Waals surface area contributed by atoms with Gasteiger partial charge >= 0.3 is 5.97 Å². The number of hydrogen-bond donors (Lipinski definition) is 4. The minimum Gasteiger partial charge on any atom is -0.477 e. The number of halogens is 2. The number of carboxylic acid groups (broad SMARTS) is 1. The largest absolute Gasteiger partial charge is 0.477 e. The number of amides is 2. The molecule has 0 aliphatic carbocycles. The second-order valence-corrected chi connectivity index (χ2v) is 11.7. The lowest BCUT2D eigenvalue weighted by Crippen LogP contribution is -2.70. The summed E-state index contributed by atoms with van der Waals surface area (Å²) < 4.78 is 0. The second kappa shape index (κ2) is 11.9. The number of hydrogen-bond acceptors (Lipinski definition) is 10. The van der Waals surface area contributed by atoms with Crippen LogP contribution in [0.5, 0.6) is 0 Å². The highest BCUT2D eigenvalue weighted by atomic mass is 35.5. The van der Waals surface area contributed by atoms with Gasteiger partial charge in [-0.25, -0.2) is 14.8 Å². The molecule has 3 heterocycles. The van der Waals surface area contributed by atoms with E-state index in [4.69, 9.17) is 34.7 Å². The maximum Gasteiger partial charge on any atom is 0.352 e. The number of allylic oxidation sites excluding steroid dienone is 1. The number of anilines is 2. The molecule has 1 aromatic carbocycles. The van der Waals surface area contributed by atoms with Crippen LogP contribution < -0.4 is 16.8 Å². The third-order valence-electron chi connectivity index (χ3n) is 5.14. The van der Waals surface area contributed by atoms with Crippen LogP contribution in [0.2, 0.25) is 10.0 Å². The standard InChI is InChI=1S/C22H20Cl2N6O4S3/c23-11-3-4-12(24)13(6-11)36-9-16(31)29-17-19(32)30-18(21(33)34)10(8-37-20(17)30)2-1-5-35-22-27-14(25)7-15(26)28-22/h1-4,6-7,17,20H,5,8-9H2,(H,29,31)(H,33,34)(H4,25,26,27,28)/b2-1+/t17?,20-/m1/s1. The lowest BCUT2D eigenvalue weighted by Gasteiger charge is -2.49. The van der Waals surface area contributed by atoms with Crippen LogP contribution in [0.1, 0.15) is 0 Å². The van der Waals surface area contributed by atoms with Crippen LogP contribution >= 0.6 is 58.5 Å². The lowest BCUT2D eigenvalue weighted by molar-refractivity contribution is -0.150. The molecular weight excluding hydrogens is 579 g/mol. The van der Waals surface area contributed by atoms with Crippen molar-refractivity contribution >= 4 is 87.9 Å². The zero-order valence-electron chi connectivity index (χ0n) is 18.9. The highest BCUT2D eigenvalue weighted by Gasteiger charge is 2.53. The highest BCUT2D eigenvalue weighted by molar-refractivity contribution is 8.00. The van der Waals surface area contributed by atoms with Gasteiger partial charge in [-0.3, -0.25) is 14.5 Å². The fraction of sp³-hybridized carbons (Fsp3) is 0.227. The summed E-state index contributed by atoms with van der Waals surface area (Å²) in [7, 11) is 0. The maximum atomic E-state index is 12.8. The molecule has 6 N–H and O–H groups in total. The zero-order valence-corrected chi connectivity index (χ0v) is 22.9. The first-order valence-electron chi connectivity index (χ1n) is 10.6. The topological polar surface area (TPSA) is 165 Å². The fourth-order valence-corrected chi connectivity index (χ4v) is 6.86. The van der Waals surface area contributed by atoms with E-state index in [1.807, 2.05) is 0 Å². The molecule has 0 spiro atoms. The zero-order chi connectivity index (χ0) is 26.7. The van der Waals surface area contributed by atoms with Gasteiger partial charge in [0.15, 0.2) is 5.16 Å². The molecule has 10 nitrogen and oxygen atoms in total. The van der Waals surface area contributed by atoms with E-state index in [0.717, 1.165) is 0 Å². The normalized spacial score (nSPS) is 19.1. The molecule has 2 atom stereocenters. The van der Waals surface area contributed by atoms with Crippen molar-refractivity contribution in [3.63, 3.8) is 0 Å². The van der Waals surface area contributed by atoms with E-state index >= 15 is 0 Å². The second-order valence-electron chi connectivity index (χ2n) is 7.71. The van der Waals surface area contributed by atoms with Gasteiger partial charge in [-0.15, -0.1) is 23.5 Å². The Hall–Kier alpha value is -2.58. The van der Waals surface area contributed by atoms with Crippen LogP contribution in [0, 0.1) is 0 Å². The molecule has 0 radical (unpaired) electrons. The maximum absolute atomic E-state index is 12.8. The molecule has 2 aliphatic rings. The number of nitrogens with one attached hydrogen (secondary N) is 1. The van der Waals surface area contributed by atoms with Crippen LogP contribution in [-0.4, -0.2) is 66.4 Å². The summed E-state index contributed by atoms with van der Waals surface area (Å²) in [4.78, 5) is 47.4. The van der Waals surface area contributed by atoms with Gasteiger partial charge < -0.3 is 21.9 Å². The van der Waals surface area contributed by atoms with E-state index in [2.05, 4.69) is 15.3 Å². The first kappa shape index (κ1) is 27.5. The van der Waals surface area contributed by atoms with Crippen molar-refractivity contribution < 1.29 is 19.5 Å². The van der Waals surface area contributed by atoms with Crippen molar-refractivity contribution in [2.24, 2.45) is 0 Å². The van der Waals surface area contributed by atoms with Crippen molar-refractivity contribution in [2.45, 2.75) is 21.5 Å². The number of carboxylic acids is 1. The van der Waals surface area contributed by atoms with Crippen LogP contribution in [-0.2, 0) is 14.4 Å².